The predicted molar refractivity (Wildman–Crippen MR) is 87.6 cm³/mol. The number of hydrogen-bond donors (Lipinski definition) is 1. The van der Waals surface area contributed by atoms with E-state index in [0.717, 1.165) is 19.4 Å². The molecule has 1 aliphatic heterocycles. The van der Waals surface area contributed by atoms with E-state index < -0.39 is 6.10 Å². The number of hydrogen-bond acceptors (Lipinski definition) is 3. The topological polar surface area (TPSA) is 55.6 Å². The molecule has 2 rings (SSSR count). The highest BCUT2D eigenvalue weighted by atomic mass is 35.5. The lowest BCUT2D eigenvalue weighted by Gasteiger charge is -2.32. The molecule has 21 heavy (non-hydrogen) atoms. The van der Waals surface area contributed by atoms with Crippen LogP contribution in [0.1, 0.15) is 19.8 Å². The number of rotatable bonds is 3. The highest BCUT2D eigenvalue weighted by Gasteiger charge is 2.26. The summed E-state index contributed by atoms with van der Waals surface area (Å²) in [5, 5.41) is 0.958. The maximum absolute atomic E-state index is 12.3. The summed E-state index contributed by atoms with van der Waals surface area (Å²) < 4.78 is 5.63. The number of piperidine rings is 1. The van der Waals surface area contributed by atoms with E-state index in [9.17, 15) is 4.79 Å². The molecule has 4 nitrogen and oxygen atoms in total. The molecule has 0 spiro atoms. The molecule has 1 aromatic rings. The first kappa shape index (κ1) is 18.4. The minimum atomic E-state index is -0.588. The fourth-order valence-electron chi connectivity index (χ4n) is 2.32. The number of nitrogens with zero attached hydrogens (tertiary/aromatic N) is 1. The Labute approximate surface area is 140 Å². The molecule has 0 bridgehead atoms. The van der Waals surface area contributed by atoms with Crippen LogP contribution < -0.4 is 10.5 Å². The number of halogens is 3. The van der Waals surface area contributed by atoms with Gasteiger partial charge in [-0.1, -0.05) is 23.2 Å². The summed E-state index contributed by atoms with van der Waals surface area (Å²) in [5.41, 5.74) is 5.89. The summed E-state index contributed by atoms with van der Waals surface area (Å²) in [6, 6.07) is 4.95. The molecule has 118 valence electrons. The highest BCUT2D eigenvalue weighted by Crippen LogP contribution is 2.25. The van der Waals surface area contributed by atoms with Crippen LogP contribution in [-0.4, -0.2) is 36.0 Å². The molecule has 1 heterocycles. The smallest absolute Gasteiger partial charge is 0.263 e. The van der Waals surface area contributed by atoms with E-state index in [1.165, 1.54) is 0 Å². The lowest BCUT2D eigenvalue weighted by Crippen LogP contribution is -2.49. The second-order valence-electron chi connectivity index (χ2n) is 5.05. The Balaban J connectivity index is 0.00000220. The van der Waals surface area contributed by atoms with E-state index in [-0.39, 0.29) is 24.4 Å². The molecule has 1 fully saturated rings. The van der Waals surface area contributed by atoms with Crippen LogP contribution in [0.25, 0.3) is 0 Å². The van der Waals surface area contributed by atoms with Gasteiger partial charge in [0.05, 0.1) is 0 Å². The summed E-state index contributed by atoms with van der Waals surface area (Å²) in [7, 11) is 0. The van der Waals surface area contributed by atoms with Gasteiger partial charge in [0.15, 0.2) is 6.10 Å². The SMILES string of the molecule is CC(Oc1cc(Cl)cc(Cl)c1)C(=O)N1CCCC(N)C1.Cl. The van der Waals surface area contributed by atoms with Crippen molar-refractivity contribution in [2.45, 2.75) is 31.9 Å². The zero-order chi connectivity index (χ0) is 14.7. The molecule has 7 heteroatoms. The number of likely N-dealkylation sites (tertiary alicyclic amines) is 1. The molecule has 1 saturated heterocycles. The van der Waals surface area contributed by atoms with Crippen molar-refractivity contribution in [1.29, 1.82) is 0 Å². The van der Waals surface area contributed by atoms with Crippen LogP contribution in [-0.2, 0) is 4.79 Å². The lowest BCUT2D eigenvalue weighted by atomic mass is 10.1. The fraction of sp³-hybridized carbons (Fsp3) is 0.500. The van der Waals surface area contributed by atoms with Crippen LogP contribution in [0.3, 0.4) is 0 Å². The average molecular weight is 354 g/mol. The molecule has 0 radical (unpaired) electrons. The fourth-order valence-corrected chi connectivity index (χ4v) is 2.82. The molecule has 0 aliphatic carbocycles. The Hall–Kier alpha value is -0.680. The van der Waals surface area contributed by atoms with E-state index >= 15 is 0 Å². The molecule has 1 aliphatic rings. The molecule has 1 amide bonds. The number of benzene rings is 1. The van der Waals surface area contributed by atoms with Crippen LogP contribution in [0.4, 0.5) is 0 Å². The van der Waals surface area contributed by atoms with Crippen LogP contribution in [0.2, 0.25) is 10.0 Å². The van der Waals surface area contributed by atoms with E-state index in [4.69, 9.17) is 33.7 Å². The minimum absolute atomic E-state index is 0. The van der Waals surface area contributed by atoms with Crippen molar-refractivity contribution in [3.05, 3.63) is 28.2 Å². The third-order valence-electron chi connectivity index (χ3n) is 3.27. The first-order valence-corrected chi connectivity index (χ1v) is 7.38. The number of carbonyl (C=O) groups excluding carboxylic acids is 1. The van der Waals surface area contributed by atoms with Crippen molar-refractivity contribution in [1.82, 2.24) is 4.90 Å². The van der Waals surface area contributed by atoms with E-state index in [0.29, 0.717) is 22.3 Å². The van der Waals surface area contributed by atoms with Crippen LogP contribution in [0, 0.1) is 0 Å². The Morgan fingerprint density at radius 3 is 2.57 bits per heavy atom. The van der Waals surface area contributed by atoms with Gasteiger partial charge >= 0.3 is 0 Å². The van der Waals surface area contributed by atoms with E-state index in [1.54, 1.807) is 30.0 Å². The van der Waals surface area contributed by atoms with Gasteiger partial charge in [0, 0.05) is 29.2 Å². The number of ether oxygens (including phenoxy) is 1. The average Bonchev–Trinajstić information content (AvgIpc) is 2.36. The van der Waals surface area contributed by atoms with Crippen LogP contribution >= 0.6 is 35.6 Å². The highest BCUT2D eigenvalue weighted by molar-refractivity contribution is 6.34. The zero-order valence-corrected chi connectivity index (χ0v) is 14.0. The molecule has 1 aromatic carbocycles. The Morgan fingerprint density at radius 2 is 2.00 bits per heavy atom. The quantitative estimate of drug-likeness (QED) is 0.908. The van der Waals surface area contributed by atoms with Crippen molar-refractivity contribution >= 4 is 41.5 Å². The summed E-state index contributed by atoms with van der Waals surface area (Å²) in [6.07, 6.45) is 1.31. The molecular weight excluding hydrogens is 335 g/mol. The zero-order valence-electron chi connectivity index (χ0n) is 11.7. The van der Waals surface area contributed by atoms with Gasteiger partial charge in [-0.15, -0.1) is 12.4 Å². The molecular formula is C14H19Cl3N2O2. The Bertz CT molecular complexity index is 479. The molecule has 0 saturated carbocycles. The summed E-state index contributed by atoms with van der Waals surface area (Å²) in [5.74, 6) is 0.431. The summed E-state index contributed by atoms with van der Waals surface area (Å²) in [6.45, 7) is 3.04. The van der Waals surface area contributed by atoms with Crippen molar-refractivity contribution in [3.8, 4) is 5.75 Å². The van der Waals surface area contributed by atoms with Crippen LogP contribution in [0.15, 0.2) is 18.2 Å². The lowest BCUT2D eigenvalue weighted by molar-refractivity contribution is -0.139. The number of amides is 1. The largest absolute Gasteiger partial charge is 0.481 e. The summed E-state index contributed by atoms with van der Waals surface area (Å²) >= 11 is 11.8. The van der Waals surface area contributed by atoms with Gasteiger partial charge in [-0.2, -0.15) is 0 Å². The maximum atomic E-state index is 12.3. The van der Waals surface area contributed by atoms with Crippen molar-refractivity contribution < 1.29 is 9.53 Å². The normalized spacial score (nSPS) is 19.6. The van der Waals surface area contributed by atoms with Crippen molar-refractivity contribution in [3.63, 3.8) is 0 Å². The van der Waals surface area contributed by atoms with Crippen LogP contribution in [0.5, 0.6) is 5.75 Å². The van der Waals surface area contributed by atoms with Gasteiger partial charge in [0.25, 0.3) is 5.91 Å². The Kier molecular flexibility index (Phi) is 7.07. The third kappa shape index (κ3) is 5.22. The first-order valence-electron chi connectivity index (χ1n) is 6.63. The van der Waals surface area contributed by atoms with E-state index in [1.807, 2.05) is 0 Å². The molecule has 2 unspecified atom stereocenters. The second kappa shape index (κ2) is 8.08. The standard InChI is InChI=1S/C14H18Cl2N2O2.ClH/c1-9(14(19)18-4-2-3-12(17)8-18)20-13-6-10(15)5-11(16)7-13;/h5-7,9,12H,2-4,8,17H2,1H3;1H. The first-order chi connectivity index (χ1) is 9.45. The van der Waals surface area contributed by atoms with Gasteiger partial charge in [0.1, 0.15) is 5.75 Å². The number of carbonyl (C=O) groups is 1. The van der Waals surface area contributed by atoms with Gasteiger partial charge in [-0.3, -0.25) is 4.79 Å². The van der Waals surface area contributed by atoms with E-state index in [2.05, 4.69) is 0 Å². The minimum Gasteiger partial charge on any atom is -0.481 e. The molecule has 0 aromatic heterocycles. The maximum Gasteiger partial charge on any atom is 0.263 e. The number of nitrogens with two attached hydrogens (primary N) is 1. The molecule has 2 atom stereocenters. The van der Waals surface area contributed by atoms with Gasteiger partial charge in [-0.05, 0) is 38.0 Å². The Morgan fingerprint density at radius 1 is 1.38 bits per heavy atom. The van der Waals surface area contributed by atoms with Crippen molar-refractivity contribution in [2.24, 2.45) is 5.73 Å². The van der Waals surface area contributed by atoms with Gasteiger partial charge in [0.2, 0.25) is 0 Å². The second-order valence-corrected chi connectivity index (χ2v) is 5.92. The summed E-state index contributed by atoms with van der Waals surface area (Å²) in [4.78, 5) is 14.1. The van der Waals surface area contributed by atoms with Crippen molar-refractivity contribution in [2.75, 3.05) is 13.1 Å². The van der Waals surface area contributed by atoms with Gasteiger partial charge in [-0.25, -0.2) is 0 Å². The molecule has 2 N–H and O–H groups in total. The third-order valence-corrected chi connectivity index (χ3v) is 3.70. The predicted octanol–water partition coefficient (Wildman–Crippen LogP) is 3.13. The monoisotopic (exact) mass is 352 g/mol. The van der Waals surface area contributed by atoms with Gasteiger partial charge < -0.3 is 15.4 Å².